The van der Waals surface area contributed by atoms with E-state index in [1.807, 2.05) is 46.7 Å². The molecule has 0 spiro atoms. The van der Waals surface area contributed by atoms with Crippen molar-refractivity contribution < 1.29 is 4.74 Å². The molecule has 3 heterocycles. The predicted molar refractivity (Wildman–Crippen MR) is 109 cm³/mol. The van der Waals surface area contributed by atoms with Gasteiger partial charge < -0.3 is 4.74 Å². The van der Waals surface area contributed by atoms with Gasteiger partial charge in [0.2, 0.25) is 0 Å². The lowest BCUT2D eigenvalue weighted by Gasteiger charge is -2.14. The summed E-state index contributed by atoms with van der Waals surface area (Å²) in [6, 6.07) is 16.1. The molecule has 5 aromatic rings. The number of hydrogen-bond acceptors (Lipinski definition) is 5. The number of nitrogens with zero attached hydrogens (tertiary/aromatic N) is 6. The molecule has 5 rings (SSSR count). The summed E-state index contributed by atoms with van der Waals surface area (Å²) >= 11 is 0. The third-order valence-electron chi connectivity index (χ3n) is 5.02. The summed E-state index contributed by atoms with van der Waals surface area (Å²) in [5.74, 6) is 0. The number of nitriles is 1. The second-order valence-corrected chi connectivity index (χ2v) is 6.67. The van der Waals surface area contributed by atoms with Crippen LogP contribution in [0.3, 0.4) is 0 Å². The number of aryl methyl sites for hydroxylation is 1. The number of aromatic nitrogens is 5. The van der Waals surface area contributed by atoms with Gasteiger partial charge in [-0.05, 0) is 29.8 Å². The van der Waals surface area contributed by atoms with Gasteiger partial charge in [0.1, 0.15) is 0 Å². The monoisotopic (exact) mass is 380 g/mol. The summed E-state index contributed by atoms with van der Waals surface area (Å²) in [5.41, 5.74) is 5.90. The second-order valence-electron chi connectivity index (χ2n) is 6.67. The topological polar surface area (TPSA) is 81.0 Å². The van der Waals surface area contributed by atoms with Crippen LogP contribution in [0, 0.1) is 11.3 Å². The molecular formula is C22H16N6O. The van der Waals surface area contributed by atoms with Crippen LogP contribution in [-0.2, 0) is 7.05 Å². The van der Waals surface area contributed by atoms with Crippen molar-refractivity contribution in [3.63, 3.8) is 0 Å². The highest BCUT2D eigenvalue weighted by atomic mass is 16.5. The maximum absolute atomic E-state index is 9.12. The van der Waals surface area contributed by atoms with Crippen LogP contribution in [0.4, 0.5) is 0 Å². The van der Waals surface area contributed by atoms with E-state index in [1.54, 1.807) is 25.4 Å². The third kappa shape index (κ3) is 2.62. The maximum Gasteiger partial charge on any atom is 0.302 e. The van der Waals surface area contributed by atoms with Crippen molar-refractivity contribution in [1.29, 1.82) is 5.26 Å². The minimum Gasteiger partial charge on any atom is -0.468 e. The van der Waals surface area contributed by atoms with E-state index in [4.69, 9.17) is 15.0 Å². The van der Waals surface area contributed by atoms with E-state index >= 15 is 0 Å². The molecule has 0 bridgehead atoms. The number of hydrogen-bond donors (Lipinski definition) is 0. The zero-order chi connectivity index (χ0) is 20.0. The summed E-state index contributed by atoms with van der Waals surface area (Å²) < 4.78 is 9.18. The molecule has 7 heteroatoms. The molecule has 140 valence electrons. The Morgan fingerprint density at radius 1 is 1.07 bits per heavy atom. The Morgan fingerprint density at radius 2 is 1.86 bits per heavy atom. The Hall–Kier alpha value is -4.18. The Kier molecular flexibility index (Phi) is 3.78. The summed E-state index contributed by atoms with van der Waals surface area (Å²) in [6.07, 6.45) is 5.41. The lowest BCUT2D eigenvalue weighted by atomic mass is 9.98. The molecule has 3 aromatic heterocycles. The summed E-state index contributed by atoms with van der Waals surface area (Å²) in [5, 5.41) is 14.5. The number of methoxy groups -OCH3 is 1. The molecule has 7 nitrogen and oxygen atoms in total. The predicted octanol–water partition coefficient (Wildman–Crippen LogP) is 3.83. The maximum atomic E-state index is 9.12. The first kappa shape index (κ1) is 17.0. The van der Waals surface area contributed by atoms with Gasteiger partial charge in [-0.25, -0.2) is 4.98 Å². The summed E-state index contributed by atoms with van der Waals surface area (Å²) in [4.78, 5) is 9.35. The number of benzene rings is 2. The van der Waals surface area contributed by atoms with Gasteiger partial charge in [-0.2, -0.15) is 15.3 Å². The third-order valence-corrected chi connectivity index (χ3v) is 5.02. The largest absolute Gasteiger partial charge is 0.468 e. The van der Waals surface area contributed by atoms with Crippen molar-refractivity contribution in [2.24, 2.45) is 7.05 Å². The SMILES string of the molecule is COc1nc(-c2ccc(C#N)cc2)c(-c2ccc3c(cnn3C)c2)c2nccn12. The molecular weight excluding hydrogens is 364 g/mol. The van der Waals surface area contributed by atoms with Gasteiger partial charge in [0.05, 0.1) is 41.7 Å². The molecule has 0 N–H and O–H groups in total. The van der Waals surface area contributed by atoms with E-state index in [0.717, 1.165) is 38.9 Å². The molecule has 0 unspecified atom stereocenters. The molecule has 0 aliphatic rings. The van der Waals surface area contributed by atoms with Crippen LogP contribution < -0.4 is 4.74 Å². The average Bonchev–Trinajstić information content (AvgIpc) is 3.39. The van der Waals surface area contributed by atoms with Gasteiger partial charge >= 0.3 is 6.01 Å². The molecule has 0 radical (unpaired) electrons. The van der Waals surface area contributed by atoms with Gasteiger partial charge in [-0.15, -0.1) is 0 Å². The van der Waals surface area contributed by atoms with E-state index < -0.39 is 0 Å². The van der Waals surface area contributed by atoms with Gasteiger partial charge in [0.15, 0.2) is 5.65 Å². The van der Waals surface area contributed by atoms with Crippen molar-refractivity contribution in [2.45, 2.75) is 0 Å². The number of ether oxygens (including phenoxy) is 1. The minimum absolute atomic E-state index is 0.447. The van der Waals surface area contributed by atoms with Crippen molar-refractivity contribution >= 4 is 16.6 Å². The van der Waals surface area contributed by atoms with Crippen LogP contribution in [0.5, 0.6) is 6.01 Å². The first-order chi connectivity index (χ1) is 14.2. The van der Waals surface area contributed by atoms with E-state index in [-0.39, 0.29) is 0 Å². The van der Waals surface area contributed by atoms with Gasteiger partial charge in [0, 0.05) is 30.4 Å². The first-order valence-corrected chi connectivity index (χ1v) is 9.03. The van der Waals surface area contributed by atoms with Crippen LogP contribution in [0.25, 0.3) is 38.9 Å². The number of imidazole rings is 1. The highest BCUT2D eigenvalue weighted by molar-refractivity contribution is 5.94. The minimum atomic E-state index is 0.447. The van der Waals surface area contributed by atoms with E-state index in [0.29, 0.717) is 11.6 Å². The van der Waals surface area contributed by atoms with Crippen molar-refractivity contribution in [2.75, 3.05) is 7.11 Å². The molecule has 0 saturated heterocycles. The van der Waals surface area contributed by atoms with Crippen LogP contribution in [0.15, 0.2) is 61.1 Å². The fourth-order valence-electron chi connectivity index (χ4n) is 3.59. The zero-order valence-electron chi connectivity index (χ0n) is 15.9. The zero-order valence-corrected chi connectivity index (χ0v) is 15.9. The second kappa shape index (κ2) is 6.46. The van der Waals surface area contributed by atoms with Crippen LogP contribution in [0.1, 0.15) is 5.56 Å². The molecule has 0 aliphatic carbocycles. The molecule has 0 aliphatic heterocycles. The Bertz CT molecular complexity index is 1410. The molecule has 0 amide bonds. The average molecular weight is 380 g/mol. The molecule has 0 saturated carbocycles. The lowest BCUT2D eigenvalue weighted by molar-refractivity contribution is 0.375. The number of rotatable bonds is 3. The quantitative estimate of drug-likeness (QED) is 0.475. The fourth-order valence-corrected chi connectivity index (χ4v) is 3.59. The van der Waals surface area contributed by atoms with Crippen LogP contribution in [0.2, 0.25) is 0 Å². The van der Waals surface area contributed by atoms with E-state index in [1.165, 1.54) is 0 Å². The fraction of sp³-hybridized carbons (Fsp3) is 0.0909. The van der Waals surface area contributed by atoms with E-state index in [2.05, 4.69) is 28.3 Å². The normalized spacial score (nSPS) is 11.1. The Morgan fingerprint density at radius 3 is 2.62 bits per heavy atom. The Balaban J connectivity index is 1.84. The van der Waals surface area contributed by atoms with Gasteiger partial charge in [0.25, 0.3) is 0 Å². The standard InChI is InChI=1S/C22H16N6O/c1-27-18-8-7-16(11-17(18)13-25-27)19-20(15-5-3-14(12-23)4-6-15)26-22(29-2)28-10-9-24-21(19)28/h3-11,13H,1-2H3. The first-order valence-electron chi connectivity index (χ1n) is 9.03. The summed E-state index contributed by atoms with van der Waals surface area (Å²) in [7, 11) is 3.51. The number of fused-ring (bicyclic) bond motifs is 2. The van der Waals surface area contributed by atoms with Crippen molar-refractivity contribution in [1.82, 2.24) is 24.1 Å². The van der Waals surface area contributed by atoms with Crippen LogP contribution in [-0.4, -0.2) is 31.3 Å². The van der Waals surface area contributed by atoms with Gasteiger partial charge in [-0.3, -0.25) is 9.08 Å². The van der Waals surface area contributed by atoms with Crippen LogP contribution >= 0.6 is 0 Å². The van der Waals surface area contributed by atoms with Crippen molar-refractivity contribution in [3.8, 4) is 34.5 Å². The Labute approximate surface area is 166 Å². The smallest absolute Gasteiger partial charge is 0.302 e. The van der Waals surface area contributed by atoms with Gasteiger partial charge in [-0.1, -0.05) is 18.2 Å². The summed E-state index contributed by atoms with van der Waals surface area (Å²) in [6.45, 7) is 0. The lowest BCUT2D eigenvalue weighted by Crippen LogP contribution is -2.02. The molecule has 2 aromatic carbocycles. The highest BCUT2D eigenvalue weighted by Gasteiger charge is 2.19. The molecule has 0 fully saturated rings. The van der Waals surface area contributed by atoms with Crippen molar-refractivity contribution in [3.05, 3.63) is 66.6 Å². The highest BCUT2D eigenvalue weighted by Crippen LogP contribution is 2.37. The molecule has 0 atom stereocenters. The molecule has 29 heavy (non-hydrogen) atoms. The van der Waals surface area contributed by atoms with E-state index in [9.17, 15) is 0 Å².